The van der Waals surface area contributed by atoms with Crippen LogP contribution in [0.3, 0.4) is 0 Å². The molecule has 1 amide bonds. The van der Waals surface area contributed by atoms with Crippen LogP contribution in [0, 0.1) is 0 Å². The predicted octanol–water partition coefficient (Wildman–Crippen LogP) is 2.55. The first-order chi connectivity index (χ1) is 11.1. The molecule has 0 spiro atoms. The molecule has 1 heterocycles. The Morgan fingerprint density at radius 1 is 1.17 bits per heavy atom. The highest BCUT2D eigenvalue weighted by Crippen LogP contribution is 2.27. The number of amides is 1. The van der Waals surface area contributed by atoms with Gasteiger partial charge in [0.2, 0.25) is 10.0 Å². The first kappa shape index (κ1) is 19.2. The Hall–Kier alpha value is -1.15. The highest BCUT2D eigenvalue weighted by atomic mass is 35.5. The number of carbonyl (C=O) groups excluding carboxylic acids is 1. The number of benzene rings is 1. The molecular formula is C16H24ClN3O3S. The van der Waals surface area contributed by atoms with E-state index >= 15 is 0 Å². The lowest BCUT2D eigenvalue weighted by molar-refractivity contribution is 0.0914. The summed E-state index contributed by atoms with van der Waals surface area (Å²) in [6.07, 6.45) is 2.71. The summed E-state index contributed by atoms with van der Waals surface area (Å²) in [6, 6.07) is 4.30. The molecule has 1 aromatic rings. The molecule has 2 rings (SSSR count). The van der Waals surface area contributed by atoms with Gasteiger partial charge in [0.1, 0.15) is 4.90 Å². The monoisotopic (exact) mass is 373 g/mol. The van der Waals surface area contributed by atoms with Gasteiger partial charge in [0.25, 0.3) is 5.91 Å². The quantitative estimate of drug-likeness (QED) is 0.795. The summed E-state index contributed by atoms with van der Waals surface area (Å²) in [5.41, 5.74) is 5.38. The Kier molecular flexibility index (Phi) is 5.91. The van der Waals surface area contributed by atoms with Crippen molar-refractivity contribution in [1.82, 2.24) is 15.2 Å². The average Bonchev–Trinajstić information content (AvgIpc) is 2.53. The molecule has 24 heavy (non-hydrogen) atoms. The summed E-state index contributed by atoms with van der Waals surface area (Å²) in [5, 5.41) is 0.126. The van der Waals surface area contributed by atoms with Gasteiger partial charge in [0.05, 0.1) is 5.02 Å². The van der Waals surface area contributed by atoms with E-state index in [1.165, 1.54) is 22.5 Å². The van der Waals surface area contributed by atoms with Gasteiger partial charge in [-0.15, -0.1) is 0 Å². The summed E-state index contributed by atoms with van der Waals surface area (Å²) in [4.78, 5) is 12.2. The summed E-state index contributed by atoms with van der Waals surface area (Å²) in [5.74, 6) is -0.406. The van der Waals surface area contributed by atoms with E-state index in [9.17, 15) is 13.2 Å². The van der Waals surface area contributed by atoms with Gasteiger partial charge in [-0.2, -0.15) is 4.31 Å². The Bertz CT molecular complexity index is 708. The van der Waals surface area contributed by atoms with Crippen molar-refractivity contribution < 1.29 is 13.2 Å². The van der Waals surface area contributed by atoms with Crippen LogP contribution < -0.4 is 10.9 Å². The van der Waals surface area contributed by atoms with Crippen molar-refractivity contribution >= 4 is 27.5 Å². The molecule has 0 saturated carbocycles. The van der Waals surface area contributed by atoms with Gasteiger partial charge >= 0.3 is 0 Å². The van der Waals surface area contributed by atoms with Gasteiger partial charge in [-0.25, -0.2) is 13.8 Å². The normalized spacial score (nSPS) is 16.8. The highest BCUT2D eigenvalue weighted by Gasteiger charge is 2.28. The van der Waals surface area contributed by atoms with Crippen molar-refractivity contribution in [3.05, 3.63) is 28.8 Å². The summed E-state index contributed by atoms with van der Waals surface area (Å²) in [7, 11) is -3.69. The first-order valence-corrected chi connectivity index (χ1v) is 9.80. The van der Waals surface area contributed by atoms with E-state index in [1.807, 2.05) is 20.8 Å². The van der Waals surface area contributed by atoms with Gasteiger partial charge in [0, 0.05) is 24.2 Å². The molecule has 1 fully saturated rings. The Balaban J connectivity index is 2.26. The summed E-state index contributed by atoms with van der Waals surface area (Å²) >= 11 is 6.10. The van der Waals surface area contributed by atoms with Crippen molar-refractivity contribution in [1.29, 1.82) is 0 Å². The maximum atomic E-state index is 12.8. The van der Waals surface area contributed by atoms with E-state index in [0.717, 1.165) is 19.3 Å². The first-order valence-electron chi connectivity index (χ1n) is 7.98. The zero-order chi connectivity index (χ0) is 18.0. The third-order valence-electron chi connectivity index (χ3n) is 3.68. The number of carbonyl (C=O) groups is 1. The second-order valence-corrected chi connectivity index (χ2v) is 9.25. The number of hydrazine groups is 1. The zero-order valence-corrected chi connectivity index (χ0v) is 15.8. The van der Waals surface area contributed by atoms with Crippen molar-refractivity contribution in [2.45, 2.75) is 50.5 Å². The minimum Gasteiger partial charge on any atom is -0.287 e. The summed E-state index contributed by atoms with van der Waals surface area (Å²) in [6.45, 7) is 6.69. The Morgan fingerprint density at radius 3 is 2.38 bits per heavy atom. The number of piperidine rings is 1. The topological polar surface area (TPSA) is 78.5 Å². The van der Waals surface area contributed by atoms with Crippen LogP contribution in [0.25, 0.3) is 0 Å². The third-order valence-corrected chi connectivity index (χ3v) is 6.06. The Labute approximate surface area is 148 Å². The molecule has 0 aliphatic carbocycles. The van der Waals surface area contributed by atoms with Crippen molar-refractivity contribution in [3.8, 4) is 0 Å². The van der Waals surface area contributed by atoms with E-state index in [1.54, 1.807) is 0 Å². The van der Waals surface area contributed by atoms with Crippen molar-refractivity contribution in [3.63, 3.8) is 0 Å². The molecule has 0 atom stereocenters. The fourth-order valence-electron chi connectivity index (χ4n) is 2.40. The standard InChI is InChI=1S/C16H24ClN3O3S/c1-16(2,3)19-18-15(21)12-7-8-13(17)14(11-12)24(22,23)20-9-5-4-6-10-20/h7-8,11,19H,4-6,9-10H2,1-3H3,(H,18,21). The number of nitrogens with zero attached hydrogens (tertiary/aromatic N) is 1. The molecule has 2 N–H and O–H groups in total. The molecule has 8 heteroatoms. The van der Waals surface area contributed by atoms with Crippen LogP contribution in [-0.2, 0) is 10.0 Å². The smallest absolute Gasteiger partial charge is 0.265 e. The molecule has 0 bridgehead atoms. The van der Waals surface area contributed by atoms with Crippen LogP contribution in [0.5, 0.6) is 0 Å². The second kappa shape index (κ2) is 7.39. The van der Waals surface area contributed by atoms with Crippen LogP contribution in [0.1, 0.15) is 50.4 Å². The van der Waals surface area contributed by atoms with Crippen LogP contribution >= 0.6 is 11.6 Å². The lowest BCUT2D eigenvalue weighted by Gasteiger charge is -2.26. The van der Waals surface area contributed by atoms with Crippen molar-refractivity contribution in [2.24, 2.45) is 0 Å². The average molecular weight is 374 g/mol. The van der Waals surface area contributed by atoms with Gasteiger partial charge in [-0.05, 0) is 51.8 Å². The molecule has 0 radical (unpaired) electrons. The van der Waals surface area contributed by atoms with Crippen LogP contribution in [-0.4, -0.2) is 37.3 Å². The van der Waals surface area contributed by atoms with E-state index < -0.39 is 15.9 Å². The second-order valence-electron chi connectivity index (χ2n) is 6.94. The lowest BCUT2D eigenvalue weighted by Crippen LogP contribution is -2.48. The lowest BCUT2D eigenvalue weighted by atomic mass is 10.1. The SMILES string of the molecule is CC(C)(C)NNC(=O)c1ccc(Cl)c(S(=O)(=O)N2CCCCC2)c1. The van der Waals surface area contributed by atoms with Gasteiger partial charge in [0.15, 0.2) is 0 Å². The number of nitrogens with one attached hydrogen (secondary N) is 2. The maximum absolute atomic E-state index is 12.8. The Morgan fingerprint density at radius 2 is 1.79 bits per heavy atom. The molecule has 6 nitrogen and oxygen atoms in total. The molecule has 1 saturated heterocycles. The van der Waals surface area contributed by atoms with Crippen LogP contribution in [0.2, 0.25) is 5.02 Å². The number of halogens is 1. The summed E-state index contributed by atoms with van der Waals surface area (Å²) < 4.78 is 27.0. The van der Waals surface area contributed by atoms with Crippen molar-refractivity contribution in [2.75, 3.05) is 13.1 Å². The fourth-order valence-corrected chi connectivity index (χ4v) is 4.42. The number of hydrogen-bond donors (Lipinski definition) is 2. The third kappa shape index (κ3) is 4.69. The number of sulfonamides is 1. The minimum atomic E-state index is -3.69. The largest absolute Gasteiger partial charge is 0.287 e. The molecule has 1 aliphatic rings. The van der Waals surface area contributed by atoms with E-state index in [2.05, 4.69) is 10.9 Å². The maximum Gasteiger partial charge on any atom is 0.265 e. The molecule has 1 aliphatic heterocycles. The van der Waals surface area contributed by atoms with E-state index in [0.29, 0.717) is 13.1 Å². The molecule has 0 aromatic heterocycles. The van der Waals surface area contributed by atoms with Gasteiger partial charge in [-0.1, -0.05) is 18.0 Å². The molecular weight excluding hydrogens is 350 g/mol. The molecule has 0 unspecified atom stereocenters. The van der Waals surface area contributed by atoms with Crippen LogP contribution in [0.15, 0.2) is 23.1 Å². The zero-order valence-electron chi connectivity index (χ0n) is 14.2. The predicted molar refractivity (Wildman–Crippen MR) is 94.4 cm³/mol. The van der Waals surface area contributed by atoms with Gasteiger partial charge in [-0.3, -0.25) is 10.2 Å². The van der Waals surface area contributed by atoms with E-state index in [-0.39, 0.29) is 21.0 Å². The highest BCUT2D eigenvalue weighted by molar-refractivity contribution is 7.89. The van der Waals surface area contributed by atoms with Crippen LogP contribution in [0.4, 0.5) is 0 Å². The van der Waals surface area contributed by atoms with Gasteiger partial charge < -0.3 is 0 Å². The minimum absolute atomic E-state index is 0.0190. The van der Waals surface area contributed by atoms with E-state index in [4.69, 9.17) is 11.6 Å². The fraction of sp³-hybridized carbons (Fsp3) is 0.562. The molecule has 1 aromatic carbocycles. The number of hydrogen-bond acceptors (Lipinski definition) is 4. The molecule has 134 valence electrons. The number of rotatable bonds is 4.